The number of ether oxygens (including phenoxy) is 2. The molecule has 10 heteroatoms. The zero-order valence-electron chi connectivity index (χ0n) is 16.5. The molecule has 1 aromatic carbocycles. The molecule has 0 unspecified atom stereocenters. The number of hydrogen-bond donors (Lipinski definition) is 3. The van der Waals surface area contributed by atoms with Crippen LogP contribution in [0, 0.1) is 6.92 Å². The van der Waals surface area contributed by atoms with E-state index in [1.165, 1.54) is 0 Å². The third kappa shape index (κ3) is 3.61. The van der Waals surface area contributed by atoms with E-state index in [1.807, 2.05) is 24.3 Å². The van der Waals surface area contributed by atoms with Crippen LogP contribution in [0.15, 0.2) is 47.2 Å². The van der Waals surface area contributed by atoms with Crippen LogP contribution in [0.3, 0.4) is 0 Å². The number of pyridine rings is 1. The first-order chi connectivity index (χ1) is 14.9. The van der Waals surface area contributed by atoms with E-state index in [0.717, 1.165) is 15.4 Å². The Labute approximate surface area is 185 Å². The molecule has 0 radical (unpaired) electrons. The maximum Gasteiger partial charge on any atom is 0.164 e. The minimum Gasteiger partial charge on any atom is -0.491 e. The van der Waals surface area contributed by atoms with Crippen LogP contribution in [0.25, 0.3) is 21.9 Å². The lowest BCUT2D eigenvalue weighted by Crippen LogP contribution is -2.34. The molecule has 0 spiro atoms. The molecule has 9 nitrogen and oxygen atoms in total. The van der Waals surface area contributed by atoms with Crippen molar-refractivity contribution in [2.24, 2.45) is 0 Å². The van der Waals surface area contributed by atoms with E-state index in [-0.39, 0.29) is 6.61 Å². The predicted molar refractivity (Wildman–Crippen MR) is 118 cm³/mol. The van der Waals surface area contributed by atoms with E-state index < -0.39 is 24.5 Å². The van der Waals surface area contributed by atoms with Crippen molar-refractivity contribution in [3.63, 3.8) is 0 Å². The van der Waals surface area contributed by atoms with Crippen molar-refractivity contribution < 1.29 is 19.7 Å². The monoisotopic (exact) mass is 485 g/mol. The number of benzene rings is 1. The highest BCUT2D eigenvalue weighted by atomic mass is 79.9. The molecule has 0 amide bonds. The standard InChI is InChI=1S/C21H20BrN5O4/c1-10-25-19(23)14-4-5-27(20(14)26-10)21-18(29)17(28)16(31-21)9-30-13-3-2-11-6-12(22)8-24-15(11)7-13/h2-8,16-18,21,28-29H,9H2,1H3,(H2,23,25,26)/t16-,17-,18-,21-/m1/s1. The molecule has 1 aliphatic heterocycles. The summed E-state index contributed by atoms with van der Waals surface area (Å²) < 4.78 is 14.4. The van der Waals surface area contributed by atoms with Gasteiger partial charge in [-0.3, -0.25) is 4.98 Å². The summed E-state index contributed by atoms with van der Waals surface area (Å²) in [6.07, 6.45) is -0.409. The van der Waals surface area contributed by atoms with Crippen LogP contribution in [0.4, 0.5) is 5.82 Å². The van der Waals surface area contributed by atoms with Crippen LogP contribution < -0.4 is 10.5 Å². The molecule has 1 saturated heterocycles. The number of rotatable bonds is 4. The highest BCUT2D eigenvalue weighted by Crippen LogP contribution is 2.33. The fourth-order valence-electron chi connectivity index (χ4n) is 3.81. The van der Waals surface area contributed by atoms with Crippen molar-refractivity contribution in [3.8, 4) is 5.75 Å². The Kier molecular flexibility index (Phi) is 5.01. The van der Waals surface area contributed by atoms with Crippen molar-refractivity contribution >= 4 is 43.7 Å². The Hall–Kier alpha value is -2.79. The van der Waals surface area contributed by atoms with Gasteiger partial charge in [-0.2, -0.15) is 0 Å². The lowest BCUT2D eigenvalue weighted by molar-refractivity contribution is -0.0471. The SMILES string of the molecule is Cc1nc(N)c2ccn([C@@H]3O[C@H](COc4ccc5cc(Br)cnc5c4)[C@@H](O)[C@H]3O)c2n1. The molecule has 3 aromatic heterocycles. The number of anilines is 1. The van der Waals surface area contributed by atoms with Crippen molar-refractivity contribution in [3.05, 3.63) is 53.0 Å². The van der Waals surface area contributed by atoms with Gasteiger partial charge >= 0.3 is 0 Å². The molecular weight excluding hydrogens is 466 g/mol. The van der Waals surface area contributed by atoms with Crippen molar-refractivity contribution in [2.45, 2.75) is 31.5 Å². The third-order valence-electron chi connectivity index (χ3n) is 5.36. The number of nitrogens with two attached hydrogens (primary N) is 1. The number of aromatic nitrogens is 4. The molecule has 160 valence electrons. The fraction of sp³-hybridized carbons (Fsp3) is 0.286. The van der Waals surface area contributed by atoms with Gasteiger partial charge in [0.2, 0.25) is 0 Å². The first kappa shape index (κ1) is 20.1. The van der Waals surface area contributed by atoms with Gasteiger partial charge in [0, 0.05) is 28.3 Å². The number of nitrogens with zero attached hydrogens (tertiary/aromatic N) is 4. The van der Waals surface area contributed by atoms with E-state index in [2.05, 4.69) is 30.9 Å². The maximum absolute atomic E-state index is 10.6. The summed E-state index contributed by atoms with van der Waals surface area (Å²) in [6.45, 7) is 1.80. The van der Waals surface area contributed by atoms with Crippen LogP contribution in [0.1, 0.15) is 12.1 Å². The fourth-order valence-corrected chi connectivity index (χ4v) is 4.16. The molecule has 5 rings (SSSR count). The van der Waals surface area contributed by atoms with Crippen molar-refractivity contribution in [2.75, 3.05) is 12.3 Å². The summed E-state index contributed by atoms with van der Waals surface area (Å²) in [5.74, 6) is 1.46. The lowest BCUT2D eigenvalue weighted by Gasteiger charge is -2.17. The van der Waals surface area contributed by atoms with Crippen LogP contribution >= 0.6 is 15.9 Å². The maximum atomic E-state index is 10.6. The number of halogens is 1. The lowest BCUT2D eigenvalue weighted by atomic mass is 10.1. The van der Waals surface area contributed by atoms with Gasteiger partial charge in [0.1, 0.15) is 48.0 Å². The zero-order chi connectivity index (χ0) is 21.7. The van der Waals surface area contributed by atoms with Crippen LogP contribution in [-0.2, 0) is 4.74 Å². The van der Waals surface area contributed by atoms with Crippen LogP contribution in [-0.4, -0.2) is 54.7 Å². The summed E-state index contributed by atoms with van der Waals surface area (Å²) >= 11 is 3.40. The molecule has 4 atom stereocenters. The van der Waals surface area contributed by atoms with E-state index >= 15 is 0 Å². The molecule has 1 aliphatic rings. The average Bonchev–Trinajstić information content (AvgIpc) is 3.28. The number of aryl methyl sites for hydroxylation is 1. The molecule has 4 heterocycles. The number of nitrogen functional groups attached to an aromatic ring is 1. The topological polar surface area (TPSA) is 129 Å². The normalized spacial score (nSPS) is 23.6. The summed E-state index contributed by atoms with van der Waals surface area (Å²) in [6, 6.07) is 9.28. The second-order valence-electron chi connectivity index (χ2n) is 7.48. The minimum absolute atomic E-state index is 0.0616. The van der Waals surface area contributed by atoms with Gasteiger partial charge < -0.3 is 30.0 Å². The van der Waals surface area contributed by atoms with Gasteiger partial charge in [-0.25, -0.2) is 9.97 Å². The minimum atomic E-state index is -1.16. The quantitative estimate of drug-likeness (QED) is 0.401. The second-order valence-corrected chi connectivity index (χ2v) is 8.40. The zero-order valence-corrected chi connectivity index (χ0v) is 18.1. The molecular formula is C21H20BrN5O4. The smallest absolute Gasteiger partial charge is 0.164 e. The van der Waals surface area contributed by atoms with E-state index in [0.29, 0.717) is 28.4 Å². The summed E-state index contributed by atoms with van der Waals surface area (Å²) in [4.78, 5) is 12.9. The number of aliphatic hydroxyl groups is 2. The van der Waals surface area contributed by atoms with Crippen molar-refractivity contribution in [1.29, 1.82) is 0 Å². The van der Waals surface area contributed by atoms with E-state index in [4.69, 9.17) is 15.2 Å². The second kappa shape index (κ2) is 7.72. The summed E-state index contributed by atoms with van der Waals surface area (Å²) in [5.41, 5.74) is 7.30. The molecule has 1 fully saturated rings. The first-order valence-corrected chi connectivity index (χ1v) is 10.5. The third-order valence-corrected chi connectivity index (χ3v) is 5.79. The molecule has 4 aromatic rings. The number of fused-ring (bicyclic) bond motifs is 2. The van der Waals surface area contributed by atoms with Gasteiger partial charge in [0.05, 0.1) is 10.9 Å². The molecule has 0 aliphatic carbocycles. The van der Waals surface area contributed by atoms with Crippen molar-refractivity contribution in [1.82, 2.24) is 19.5 Å². The summed E-state index contributed by atoms with van der Waals surface area (Å²) in [5, 5.41) is 22.8. The van der Waals surface area contributed by atoms with Gasteiger partial charge in [-0.15, -0.1) is 0 Å². The highest BCUT2D eigenvalue weighted by molar-refractivity contribution is 9.10. The molecule has 0 bridgehead atoms. The van der Waals surface area contributed by atoms with Gasteiger partial charge in [0.15, 0.2) is 6.23 Å². The largest absolute Gasteiger partial charge is 0.491 e. The Balaban J connectivity index is 1.35. The Morgan fingerprint density at radius 2 is 2.03 bits per heavy atom. The van der Waals surface area contributed by atoms with Crippen LogP contribution in [0.5, 0.6) is 5.75 Å². The van der Waals surface area contributed by atoms with Crippen LogP contribution in [0.2, 0.25) is 0 Å². The highest BCUT2D eigenvalue weighted by Gasteiger charge is 2.44. The van der Waals surface area contributed by atoms with E-state index in [1.54, 1.807) is 30.0 Å². The number of aliphatic hydroxyl groups excluding tert-OH is 2. The Bertz CT molecular complexity index is 1280. The Morgan fingerprint density at radius 3 is 2.87 bits per heavy atom. The molecule has 31 heavy (non-hydrogen) atoms. The first-order valence-electron chi connectivity index (χ1n) is 9.71. The van der Waals surface area contributed by atoms with Gasteiger partial charge in [0.25, 0.3) is 0 Å². The summed E-state index contributed by atoms with van der Waals surface area (Å²) in [7, 11) is 0. The van der Waals surface area contributed by atoms with Gasteiger partial charge in [-0.05, 0) is 47.1 Å². The molecule has 0 saturated carbocycles. The average molecular weight is 486 g/mol. The molecule has 4 N–H and O–H groups in total. The van der Waals surface area contributed by atoms with Gasteiger partial charge in [-0.1, -0.05) is 0 Å². The Morgan fingerprint density at radius 1 is 1.19 bits per heavy atom. The number of hydrogen-bond acceptors (Lipinski definition) is 8. The predicted octanol–water partition coefficient (Wildman–Crippen LogP) is 2.33. The van der Waals surface area contributed by atoms with E-state index in [9.17, 15) is 10.2 Å².